The van der Waals surface area contributed by atoms with Crippen molar-refractivity contribution in [3.8, 4) is 11.8 Å². The predicted octanol–water partition coefficient (Wildman–Crippen LogP) is 2.44. The van der Waals surface area contributed by atoms with Crippen LogP contribution in [0.15, 0.2) is 18.2 Å². The minimum Gasteiger partial charge on any atom is -0.495 e. The number of likely N-dealkylation sites (tertiary alicyclic amines) is 1. The van der Waals surface area contributed by atoms with Crippen LogP contribution in [0.5, 0.6) is 5.75 Å². The van der Waals surface area contributed by atoms with Crippen molar-refractivity contribution in [1.82, 2.24) is 4.90 Å². The second-order valence-corrected chi connectivity index (χ2v) is 5.65. The van der Waals surface area contributed by atoms with E-state index < -0.39 is 0 Å². The van der Waals surface area contributed by atoms with Gasteiger partial charge in [0.25, 0.3) is 0 Å². The number of methoxy groups -OCH3 is 1. The maximum absolute atomic E-state index is 9.24. The Bertz CT molecular complexity index is 507. The maximum atomic E-state index is 9.24. The monoisotopic (exact) mass is 273 g/mol. The van der Waals surface area contributed by atoms with E-state index in [1.54, 1.807) is 7.11 Å². The Morgan fingerprint density at radius 1 is 1.45 bits per heavy atom. The molecule has 0 saturated carbocycles. The zero-order valence-corrected chi connectivity index (χ0v) is 12.5. The van der Waals surface area contributed by atoms with Gasteiger partial charge in [0.1, 0.15) is 11.8 Å². The quantitative estimate of drug-likeness (QED) is 0.918. The third-order valence-corrected chi connectivity index (χ3v) is 4.07. The van der Waals surface area contributed by atoms with E-state index in [0.29, 0.717) is 17.4 Å². The minimum absolute atomic E-state index is 0.117. The second kappa shape index (κ2) is 6.25. The van der Waals surface area contributed by atoms with Crippen molar-refractivity contribution in [2.75, 3.05) is 13.7 Å². The normalized spacial score (nSPS) is 23.6. The summed E-state index contributed by atoms with van der Waals surface area (Å²) in [5.74, 6) is 0.622. The van der Waals surface area contributed by atoms with Crippen molar-refractivity contribution < 1.29 is 4.74 Å². The highest BCUT2D eigenvalue weighted by Crippen LogP contribution is 2.33. The van der Waals surface area contributed by atoms with Crippen molar-refractivity contribution >= 4 is 0 Å². The molecule has 1 aliphatic heterocycles. The van der Waals surface area contributed by atoms with Gasteiger partial charge in [0, 0.05) is 12.1 Å². The summed E-state index contributed by atoms with van der Waals surface area (Å²) in [6.07, 6.45) is 2.17. The van der Waals surface area contributed by atoms with E-state index >= 15 is 0 Å². The molecule has 0 aromatic heterocycles. The molecule has 108 valence electrons. The van der Waals surface area contributed by atoms with Gasteiger partial charge >= 0.3 is 0 Å². The van der Waals surface area contributed by atoms with Gasteiger partial charge in [0.05, 0.1) is 18.7 Å². The molecule has 0 radical (unpaired) electrons. The molecule has 1 fully saturated rings. The lowest BCUT2D eigenvalue weighted by Gasteiger charge is -2.42. The smallest absolute Gasteiger partial charge is 0.136 e. The van der Waals surface area contributed by atoms with Gasteiger partial charge in [-0.1, -0.05) is 6.07 Å². The van der Waals surface area contributed by atoms with Crippen molar-refractivity contribution in [3.63, 3.8) is 0 Å². The fourth-order valence-electron chi connectivity index (χ4n) is 3.07. The van der Waals surface area contributed by atoms with E-state index in [9.17, 15) is 5.26 Å². The molecule has 2 unspecified atom stereocenters. The molecular formula is C16H23N3O. The van der Waals surface area contributed by atoms with Crippen molar-refractivity contribution in [1.29, 1.82) is 5.26 Å². The molecule has 1 aromatic carbocycles. The highest BCUT2D eigenvalue weighted by Gasteiger charge is 2.32. The lowest BCUT2D eigenvalue weighted by molar-refractivity contribution is 0.0946. The SMILES string of the molecule is COc1ccc(C2C(N)CCCN2C(C)C)cc1C#N. The predicted molar refractivity (Wildman–Crippen MR) is 79.5 cm³/mol. The molecule has 4 heteroatoms. The van der Waals surface area contributed by atoms with Gasteiger partial charge in [-0.15, -0.1) is 0 Å². The first-order chi connectivity index (χ1) is 9.58. The summed E-state index contributed by atoms with van der Waals surface area (Å²) in [6.45, 7) is 5.45. The van der Waals surface area contributed by atoms with Crippen LogP contribution in [-0.2, 0) is 0 Å². The van der Waals surface area contributed by atoms with E-state index in [1.807, 2.05) is 18.2 Å². The highest BCUT2D eigenvalue weighted by atomic mass is 16.5. The molecule has 2 atom stereocenters. The van der Waals surface area contributed by atoms with Crippen LogP contribution in [0.4, 0.5) is 0 Å². The van der Waals surface area contributed by atoms with E-state index in [1.165, 1.54) is 0 Å². The Hall–Kier alpha value is -1.57. The number of nitriles is 1. The molecule has 4 nitrogen and oxygen atoms in total. The van der Waals surface area contributed by atoms with Crippen LogP contribution < -0.4 is 10.5 Å². The van der Waals surface area contributed by atoms with Gasteiger partial charge in [-0.05, 0) is 50.9 Å². The minimum atomic E-state index is 0.117. The number of ether oxygens (including phenoxy) is 1. The molecule has 0 amide bonds. The van der Waals surface area contributed by atoms with E-state index in [-0.39, 0.29) is 12.1 Å². The number of hydrogen-bond donors (Lipinski definition) is 1. The summed E-state index contributed by atoms with van der Waals surface area (Å²) in [5.41, 5.74) is 8.04. The van der Waals surface area contributed by atoms with Gasteiger partial charge in [-0.3, -0.25) is 4.90 Å². The average molecular weight is 273 g/mol. The molecule has 2 rings (SSSR count). The topological polar surface area (TPSA) is 62.3 Å². The molecule has 20 heavy (non-hydrogen) atoms. The molecule has 1 heterocycles. The van der Waals surface area contributed by atoms with Crippen LogP contribution in [0.3, 0.4) is 0 Å². The Kier molecular flexibility index (Phi) is 4.64. The Morgan fingerprint density at radius 3 is 2.80 bits per heavy atom. The van der Waals surface area contributed by atoms with Crippen LogP contribution in [0.2, 0.25) is 0 Å². The third kappa shape index (κ3) is 2.79. The Balaban J connectivity index is 2.39. The Morgan fingerprint density at radius 2 is 2.20 bits per heavy atom. The van der Waals surface area contributed by atoms with E-state index in [0.717, 1.165) is 24.9 Å². The number of hydrogen-bond acceptors (Lipinski definition) is 4. The Labute approximate surface area is 121 Å². The average Bonchev–Trinajstić information content (AvgIpc) is 2.46. The van der Waals surface area contributed by atoms with E-state index in [2.05, 4.69) is 24.8 Å². The van der Waals surface area contributed by atoms with Crippen LogP contribution in [0.25, 0.3) is 0 Å². The van der Waals surface area contributed by atoms with Crippen LogP contribution in [0, 0.1) is 11.3 Å². The number of benzene rings is 1. The molecule has 0 aliphatic carbocycles. The zero-order valence-electron chi connectivity index (χ0n) is 12.5. The van der Waals surface area contributed by atoms with Crippen molar-refractivity contribution in [2.24, 2.45) is 5.73 Å². The van der Waals surface area contributed by atoms with Gasteiger partial charge in [0.15, 0.2) is 0 Å². The van der Waals surface area contributed by atoms with Crippen LogP contribution in [0.1, 0.15) is 43.9 Å². The van der Waals surface area contributed by atoms with Gasteiger partial charge in [-0.25, -0.2) is 0 Å². The summed E-state index contributed by atoms with van der Waals surface area (Å²) in [7, 11) is 1.59. The van der Waals surface area contributed by atoms with Crippen LogP contribution >= 0.6 is 0 Å². The first-order valence-corrected chi connectivity index (χ1v) is 7.17. The summed E-state index contributed by atoms with van der Waals surface area (Å²) >= 11 is 0. The van der Waals surface area contributed by atoms with Gasteiger partial charge in [0.2, 0.25) is 0 Å². The molecule has 2 N–H and O–H groups in total. The maximum Gasteiger partial charge on any atom is 0.136 e. The third-order valence-electron chi connectivity index (χ3n) is 4.07. The van der Waals surface area contributed by atoms with Crippen molar-refractivity contribution in [2.45, 2.75) is 44.8 Å². The van der Waals surface area contributed by atoms with Gasteiger partial charge < -0.3 is 10.5 Å². The highest BCUT2D eigenvalue weighted by molar-refractivity contribution is 5.46. The van der Waals surface area contributed by atoms with Gasteiger partial charge in [-0.2, -0.15) is 5.26 Å². The first-order valence-electron chi connectivity index (χ1n) is 7.17. The van der Waals surface area contributed by atoms with Crippen molar-refractivity contribution in [3.05, 3.63) is 29.3 Å². The molecule has 0 bridgehead atoms. The second-order valence-electron chi connectivity index (χ2n) is 5.65. The lowest BCUT2D eigenvalue weighted by atomic mass is 9.89. The summed E-state index contributed by atoms with van der Waals surface area (Å²) in [4.78, 5) is 2.43. The molecule has 1 aromatic rings. The molecular weight excluding hydrogens is 250 g/mol. The number of nitrogens with two attached hydrogens (primary N) is 1. The molecule has 0 spiro atoms. The van der Waals surface area contributed by atoms with E-state index in [4.69, 9.17) is 10.5 Å². The summed E-state index contributed by atoms with van der Waals surface area (Å²) in [5, 5.41) is 9.24. The fourth-order valence-corrected chi connectivity index (χ4v) is 3.07. The molecule has 1 saturated heterocycles. The first kappa shape index (κ1) is 14.8. The lowest BCUT2D eigenvalue weighted by Crippen LogP contribution is -2.48. The van der Waals surface area contributed by atoms with Crippen LogP contribution in [-0.4, -0.2) is 30.6 Å². The largest absolute Gasteiger partial charge is 0.495 e. The zero-order chi connectivity index (χ0) is 14.7. The summed E-state index contributed by atoms with van der Waals surface area (Å²) in [6, 6.07) is 8.77. The summed E-state index contributed by atoms with van der Waals surface area (Å²) < 4.78 is 5.21. The molecule has 1 aliphatic rings. The number of rotatable bonds is 3. The fraction of sp³-hybridized carbons (Fsp3) is 0.562. The number of nitrogens with zero attached hydrogens (tertiary/aromatic N) is 2. The number of piperidine rings is 1. The standard InChI is InChI=1S/C16H23N3O/c1-11(2)19-8-4-5-14(18)16(19)12-6-7-15(20-3)13(9-12)10-17/h6-7,9,11,14,16H,4-5,8,18H2,1-3H3.